The molecule has 1 rings (SSSR count). The number of nitrogens with two attached hydrogens (primary N) is 1. The van der Waals surface area contributed by atoms with Gasteiger partial charge in [0.1, 0.15) is 5.76 Å². The average molecular weight is 249 g/mol. The summed E-state index contributed by atoms with van der Waals surface area (Å²) in [5, 5.41) is 9.47. The Balaban J connectivity index is 3.33. The van der Waals surface area contributed by atoms with Gasteiger partial charge in [-0.05, 0) is 28.1 Å². The first-order valence-corrected chi connectivity index (χ1v) is 4.32. The minimum atomic E-state index is -0.0688. The van der Waals surface area contributed by atoms with Crippen molar-refractivity contribution < 1.29 is 5.11 Å². The molecule has 0 radical (unpaired) electrons. The van der Waals surface area contributed by atoms with Crippen LogP contribution in [0.4, 0.5) is 5.69 Å². The highest BCUT2D eigenvalue weighted by Crippen LogP contribution is 2.29. The van der Waals surface area contributed by atoms with Crippen LogP contribution in [0.2, 0.25) is 5.02 Å². The van der Waals surface area contributed by atoms with E-state index < -0.39 is 0 Å². The van der Waals surface area contributed by atoms with E-state index in [1.807, 2.05) is 0 Å². The quantitative estimate of drug-likeness (QED) is 0.592. The normalized spacial score (nSPS) is 9.83. The van der Waals surface area contributed by atoms with Crippen LogP contribution in [0.3, 0.4) is 0 Å². The minimum absolute atomic E-state index is 0.0688. The third-order valence-corrected chi connectivity index (χ3v) is 2.40. The fraction of sp³-hybridized carbons (Fsp3) is 0. The summed E-state index contributed by atoms with van der Waals surface area (Å²) >= 11 is 8.99. The van der Waals surface area contributed by atoms with Crippen molar-refractivity contribution in [2.45, 2.75) is 0 Å². The van der Waals surface area contributed by atoms with E-state index in [-0.39, 0.29) is 5.76 Å². The second-order valence-corrected chi connectivity index (χ2v) is 3.56. The first-order valence-electron chi connectivity index (χ1n) is 3.15. The molecule has 0 aliphatic rings. The van der Waals surface area contributed by atoms with Gasteiger partial charge in [0, 0.05) is 15.7 Å². The average Bonchev–Trinajstić information content (AvgIpc) is 1.96. The van der Waals surface area contributed by atoms with Gasteiger partial charge in [-0.3, -0.25) is 0 Å². The summed E-state index contributed by atoms with van der Waals surface area (Å²) in [7, 11) is 0. The van der Waals surface area contributed by atoms with E-state index >= 15 is 0 Å². The molecule has 0 amide bonds. The lowest BCUT2D eigenvalue weighted by atomic mass is 10.2. The molecule has 0 unspecified atom stereocenters. The molecule has 1 aromatic rings. The number of rotatable bonds is 1. The number of nitrogen functional groups attached to an aromatic ring is 1. The number of aliphatic hydroxyl groups excluding tert-OH is 1. The highest BCUT2D eigenvalue weighted by Gasteiger charge is 2.06. The van der Waals surface area contributed by atoms with Gasteiger partial charge in [0.25, 0.3) is 0 Å². The third kappa shape index (κ3) is 1.73. The number of aliphatic hydroxyl groups is 1. The van der Waals surface area contributed by atoms with E-state index in [2.05, 4.69) is 22.5 Å². The lowest BCUT2D eigenvalue weighted by molar-refractivity contribution is 0.514. The summed E-state index contributed by atoms with van der Waals surface area (Å²) in [4.78, 5) is 0. The van der Waals surface area contributed by atoms with Gasteiger partial charge in [-0.25, -0.2) is 0 Å². The zero-order valence-corrected chi connectivity index (χ0v) is 8.48. The van der Waals surface area contributed by atoms with Crippen molar-refractivity contribution in [3.63, 3.8) is 0 Å². The van der Waals surface area contributed by atoms with E-state index in [1.165, 1.54) is 0 Å². The number of halogens is 2. The van der Waals surface area contributed by atoms with Crippen LogP contribution in [0.15, 0.2) is 23.2 Å². The van der Waals surface area contributed by atoms with E-state index in [4.69, 9.17) is 22.4 Å². The van der Waals surface area contributed by atoms with Crippen LogP contribution < -0.4 is 5.73 Å². The van der Waals surface area contributed by atoms with Crippen molar-refractivity contribution in [3.8, 4) is 0 Å². The van der Waals surface area contributed by atoms with Crippen LogP contribution >= 0.6 is 27.5 Å². The second-order valence-electron chi connectivity index (χ2n) is 2.30. The highest BCUT2D eigenvalue weighted by atomic mass is 79.9. The maximum absolute atomic E-state index is 9.08. The first-order chi connectivity index (χ1) is 5.52. The van der Waals surface area contributed by atoms with Crippen molar-refractivity contribution in [2.75, 3.05) is 5.73 Å². The smallest absolute Gasteiger partial charge is 0.117 e. The zero-order chi connectivity index (χ0) is 9.30. The summed E-state index contributed by atoms with van der Waals surface area (Å²) in [5.74, 6) is -0.0688. The first kappa shape index (κ1) is 9.42. The Morgan fingerprint density at radius 1 is 1.58 bits per heavy atom. The molecular formula is C8H7BrClNO. The summed E-state index contributed by atoms with van der Waals surface area (Å²) in [6, 6.07) is 3.18. The Labute approximate surface area is 83.8 Å². The molecule has 0 saturated carbocycles. The molecule has 3 N–H and O–H groups in total. The predicted octanol–water partition coefficient (Wildman–Crippen LogP) is 3.21. The second kappa shape index (κ2) is 3.37. The molecule has 0 heterocycles. The SMILES string of the molecule is C=C(O)c1cc(Br)c(N)cc1Cl. The van der Waals surface area contributed by atoms with Gasteiger partial charge in [-0.15, -0.1) is 0 Å². The van der Waals surface area contributed by atoms with Gasteiger partial charge in [0.15, 0.2) is 0 Å². The van der Waals surface area contributed by atoms with E-state index in [9.17, 15) is 0 Å². The Bertz CT molecular complexity index is 338. The minimum Gasteiger partial charge on any atom is -0.508 e. The van der Waals surface area contributed by atoms with Crippen molar-refractivity contribution in [1.29, 1.82) is 0 Å². The summed E-state index contributed by atoms with van der Waals surface area (Å²) in [5.41, 5.74) is 6.56. The van der Waals surface area contributed by atoms with E-state index in [1.54, 1.807) is 12.1 Å². The summed E-state index contributed by atoms with van der Waals surface area (Å²) in [6.07, 6.45) is 0. The molecule has 64 valence electrons. The van der Waals surface area contributed by atoms with Crippen LogP contribution in [0.5, 0.6) is 0 Å². The fourth-order valence-electron chi connectivity index (χ4n) is 0.783. The molecule has 0 aliphatic carbocycles. The fourth-order valence-corrected chi connectivity index (χ4v) is 1.41. The third-order valence-electron chi connectivity index (χ3n) is 1.40. The van der Waals surface area contributed by atoms with Gasteiger partial charge in [0.05, 0.1) is 5.02 Å². The standard InChI is InChI=1S/C8H7BrClNO/c1-4(12)5-2-6(9)8(11)3-7(5)10/h2-3,12H,1,11H2. The van der Waals surface area contributed by atoms with Crippen LogP contribution in [-0.2, 0) is 0 Å². The van der Waals surface area contributed by atoms with Crippen molar-refractivity contribution in [1.82, 2.24) is 0 Å². The van der Waals surface area contributed by atoms with Gasteiger partial charge >= 0.3 is 0 Å². The van der Waals surface area contributed by atoms with Gasteiger partial charge < -0.3 is 10.8 Å². The Kier molecular flexibility index (Phi) is 2.65. The molecule has 0 aliphatic heterocycles. The van der Waals surface area contributed by atoms with Crippen molar-refractivity contribution in [3.05, 3.63) is 33.8 Å². The Morgan fingerprint density at radius 2 is 2.17 bits per heavy atom. The van der Waals surface area contributed by atoms with Crippen LogP contribution in [-0.4, -0.2) is 5.11 Å². The molecule has 2 nitrogen and oxygen atoms in total. The number of hydrogen-bond donors (Lipinski definition) is 2. The number of anilines is 1. The highest BCUT2D eigenvalue weighted by molar-refractivity contribution is 9.10. The monoisotopic (exact) mass is 247 g/mol. The molecule has 0 spiro atoms. The van der Waals surface area contributed by atoms with Gasteiger partial charge in [-0.2, -0.15) is 0 Å². The molecule has 0 atom stereocenters. The molecule has 1 aromatic carbocycles. The summed E-state index contributed by atoms with van der Waals surface area (Å²) in [6.45, 7) is 3.37. The molecular weight excluding hydrogens is 241 g/mol. The Morgan fingerprint density at radius 3 is 2.67 bits per heavy atom. The number of hydrogen-bond acceptors (Lipinski definition) is 2. The topological polar surface area (TPSA) is 46.2 Å². The predicted molar refractivity (Wildman–Crippen MR) is 55.2 cm³/mol. The van der Waals surface area contributed by atoms with E-state index in [0.717, 1.165) is 0 Å². The maximum atomic E-state index is 9.08. The van der Waals surface area contributed by atoms with Crippen molar-refractivity contribution >= 4 is 39.0 Å². The van der Waals surface area contributed by atoms with E-state index in [0.29, 0.717) is 20.7 Å². The molecule has 0 bridgehead atoms. The van der Waals surface area contributed by atoms with Crippen LogP contribution in [0.1, 0.15) is 5.56 Å². The molecule has 4 heteroatoms. The van der Waals surface area contributed by atoms with Crippen LogP contribution in [0.25, 0.3) is 5.76 Å². The van der Waals surface area contributed by atoms with Gasteiger partial charge in [-0.1, -0.05) is 18.2 Å². The van der Waals surface area contributed by atoms with Crippen molar-refractivity contribution in [2.24, 2.45) is 0 Å². The largest absolute Gasteiger partial charge is 0.508 e. The molecule has 0 saturated heterocycles. The number of benzene rings is 1. The zero-order valence-electron chi connectivity index (χ0n) is 6.14. The lowest BCUT2D eigenvalue weighted by Crippen LogP contribution is -1.90. The molecule has 12 heavy (non-hydrogen) atoms. The van der Waals surface area contributed by atoms with Gasteiger partial charge in [0.2, 0.25) is 0 Å². The maximum Gasteiger partial charge on any atom is 0.117 e. The summed E-state index contributed by atoms with van der Waals surface area (Å²) < 4.78 is 0.692. The Hall–Kier alpha value is -0.670. The molecule has 0 fully saturated rings. The van der Waals surface area contributed by atoms with Crippen LogP contribution in [0, 0.1) is 0 Å². The molecule has 0 aromatic heterocycles. The lowest BCUT2D eigenvalue weighted by Gasteiger charge is -2.04.